The Bertz CT molecular complexity index is 509. The molecule has 2 rings (SSSR count). The molecule has 1 aliphatic heterocycles. The molecule has 6 heteroatoms. The number of benzene rings is 1. The molecule has 1 heterocycles. The van der Waals surface area contributed by atoms with Gasteiger partial charge in [0.15, 0.2) is 0 Å². The van der Waals surface area contributed by atoms with Crippen molar-refractivity contribution >= 4 is 21.8 Å². The van der Waals surface area contributed by atoms with Crippen LogP contribution in [0.15, 0.2) is 16.6 Å². The Labute approximate surface area is 133 Å². The van der Waals surface area contributed by atoms with Crippen molar-refractivity contribution in [2.75, 3.05) is 27.3 Å². The second-order valence-corrected chi connectivity index (χ2v) is 6.07. The number of rotatable bonds is 3. The minimum atomic E-state index is -0.331. The number of hydrogen-bond acceptors (Lipinski definition) is 4. The molecule has 1 aromatic rings. The summed E-state index contributed by atoms with van der Waals surface area (Å²) in [5, 5.41) is 9.76. The van der Waals surface area contributed by atoms with Gasteiger partial charge < -0.3 is 19.5 Å². The minimum absolute atomic E-state index is 0.0714. The standard InChI is InChI=1S/C15H20BrNO4/c1-9-8-17(5-4-11(9)18)15(19)10-6-12(20-2)14(16)13(7-10)21-3/h6-7,9,11,18H,4-5,8H2,1-3H3. The zero-order valence-electron chi connectivity index (χ0n) is 12.4. The van der Waals surface area contributed by atoms with Crippen LogP contribution in [0.3, 0.4) is 0 Å². The van der Waals surface area contributed by atoms with Crippen molar-refractivity contribution in [1.82, 2.24) is 4.90 Å². The zero-order valence-corrected chi connectivity index (χ0v) is 14.0. The molecule has 1 N–H and O–H groups in total. The van der Waals surface area contributed by atoms with Crippen LogP contribution in [0.1, 0.15) is 23.7 Å². The van der Waals surface area contributed by atoms with Crippen molar-refractivity contribution in [3.63, 3.8) is 0 Å². The third-order valence-corrected chi connectivity index (χ3v) is 4.62. The highest BCUT2D eigenvalue weighted by atomic mass is 79.9. The fraction of sp³-hybridized carbons (Fsp3) is 0.533. The van der Waals surface area contributed by atoms with Gasteiger partial charge in [-0.05, 0) is 40.4 Å². The molecule has 2 unspecified atom stereocenters. The zero-order chi connectivity index (χ0) is 15.6. The molecule has 1 aliphatic rings. The number of ether oxygens (including phenoxy) is 2. The highest BCUT2D eigenvalue weighted by Gasteiger charge is 2.28. The van der Waals surface area contributed by atoms with Crippen LogP contribution in [-0.4, -0.2) is 49.3 Å². The summed E-state index contributed by atoms with van der Waals surface area (Å²) in [6, 6.07) is 3.40. The lowest BCUT2D eigenvalue weighted by molar-refractivity contribution is 0.0297. The Morgan fingerprint density at radius 3 is 2.38 bits per heavy atom. The first-order chi connectivity index (χ1) is 9.97. The number of piperidine rings is 1. The number of carbonyl (C=O) groups is 1. The molecule has 5 nitrogen and oxygen atoms in total. The van der Waals surface area contributed by atoms with E-state index >= 15 is 0 Å². The Kier molecular flexibility index (Phi) is 5.11. The summed E-state index contributed by atoms with van der Waals surface area (Å²) in [6.45, 7) is 3.07. The Morgan fingerprint density at radius 1 is 1.33 bits per heavy atom. The molecule has 0 aromatic heterocycles. The van der Waals surface area contributed by atoms with Crippen LogP contribution in [0.4, 0.5) is 0 Å². The first-order valence-corrected chi connectivity index (χ1v) is 7.66. The van der Waals surface area contributed by atoms with Crippen LogP contribution < -0.4 is 9.47 Å². The number of nitrogens with zero attached hydrogens (tertiary/aromatic N) is 1. The number of methoxy groups -OCH3 is 2. The van der Waals surface area contributed by atoms with Crippen molar-refractivity contribution < 1.29 is 19.4 Å². The maximum absolute atomic E-state index is 12.6. The SMILES string of the molecule is COc1cc(C(=O)N2CCC(O)C(C)C2)cc(OC)c1Br. The van der Waals surface area contributed by atoms with Crippen LogP contribution >= 0.6 is 15.9 Å². The van der Waals surface area contributed by atoms with Gasteiger partial charge in [-0.2, -0.15) is 0 Å². The highest BCUT2D eigenvalue weighted by molar-refractivity contribution is 9.10. The number of amides is 1. The molecule has 1 fully saturated rings. The lowest BCUT2D eigenvalue weighted by Crippen LogP contribution is -2.44. The molecule has 0 spiro atoms. The fourth-order valence-corrected chi connectivity index (χ4v) is 3.05. The Balaban J connectivity index is 2.27. The van der Waals surface area contributed by atoms with Gasteiger partial charge in [0.1, 0.15) is 16.0 Å². The molecule has 0 aliphatic carbocycles. The van der Waals surface area contributed by atoms with E-state index in [1.54, 1.807) is 31.3 Å². The topological polar surface area (TPSA) is 59.0 Å². The predicted molar refractivity (Wildman–Crippen MR) is 82.9 cm³/mol. The third-order valence-electron chi connectivity index (χ3n) is 3.84. The van der Waals surface area contributed by atoms with E-state index in [4.69, 9.17) is 9.47 Å². The molecule has 1 amide bonds. The van der Waals surface area contributed by atoms with E-state index in [0.29, 0.717) is 41.0 Å². The molecule has 116 valence electrons. The lowest BCUT2D eigenvalue weighted by Gasteiger charge is -2.34. The van der Waals surface area contributed by atoms with Crippen LogP contribution in [0.25, 0.3) is 0 Å². The van der Waals surface area contributed by atoms with E-state index in [0.717, 1.165) is 0 Å². The summed E-state index contributed by atoms with van der Waals surface area (Å²) in [5.41, 5.74) is 0.524. The van der Waals surface area contributed by atoms with Gasteiger partial charge >= 0.3 is 0 Å². The molecule has 0 bridgehead atoms. The Morgan fingerprint density at radius 2 is 1.90 bits per heavy atom. The molecule has 0 saturated carbocycles. The first kappa shape index (κ1) is 16.1. The number of halogens is 1. The average Bonchev–Trinajstić information content (AvgIpc) is 2.49. The number of aliphatic hydroxyl groups is 1. The van der Waals surface area contributed by atoms with Gasteiger partial charge in [-0.25, -0.2) is 0 Å². The van der Waals surface area contributed by atoms with E-state index in [1.807, 2.05) is 6.92 Å². The predicted octanol–water partition coefficient (Wildman–Crippen LogP) is 2.31. The van der Waals surface area contributed by atoms with E-state index in [9.17, 15) is 9.90 Å². The first-order valence-electron chi connectivity index (χ1n) is 6.86. The van der Waals surface area contributed by atoms with Gasteiger partial charge in [0.25, 0.3) is 5.91 Å². The summed E-state index contributed by atoms with van der Waals surface area (Å²) in [4.78, 5) is 14.4. The summed E-state index contributed by atoms with van der Waals surface area (Å²) >= 11 is 3.39. The number of likely N-dealkylation sites (tertiary alicyclic amines) is 1. The van der Waals surface area contributed by atoms with Gasteiger partial charge in [-0.1, -0.05) is 6.92 Å². The summed E-state index contributed by atoms with van der Waals surface area (Å²) in [5.74, 6) is 1.13. The maximum atomic E-state index is 12.6. The van der Waals surface area contributed by atoms with Crippen molar-refractivity contribution in [3.8, 4) is 11.5 Å². The van der Waals surface area contributed by atoms with Crippen LogP contribution in [0.2, 0.25) is 0 Å². The Hall–Kier alpha value is -1.27. The van der Waals surface area contributed by atoms with Crippen molar-refractivity contribution in [2.24, 2.45) is 5.92 Å². The summed E-state index contributed by atoms with van der Waals surface area (Å²) in [7, 11) is 3.10. The normalized spacial score (nSPS) is 22.0. The largest absolute Gasteiger partial charge is 0.495 e. The fourth-order valence-electron chi connectivity index (χ4n) is 2.49. The lowest BCUT2D eigenvalue weighted by atomic mass is 9.96. The average molecular weight is 358 g/mol. The van der Waals surface area contributed by atoms with E-state index in [1.165, 1.54) is 0 Å². The molecule has 1 aromatic carbocycles. The third kappa shape index (κ3) is 3.32. The number of hydrogen-bond donors (Lipinski definition) is 1. The van der Waals surface area contributed by atoms with Crippen molar-refractivity contribution in [2.45, 2.75) is 19.4 Å². The van der Waals surface area contributed by atoms with E-state index in [-0.39, 0.29) is 17.9 Å². The molecule has 2 atom stereocenters. The van der Waals surface area contributed by atoms with E-state index < -0.39 is 0 Å². The molecule has 0 radical (unpaired) electrons. The monoisotopic (exact) mass is 357 g/mol. The quantitative estimate of drug-likeness (QED) is 0.901. The summed E-state index contributed by atoms with van der Waals surface area (Å²) < 4.78 is 11.2. The minimum Gasteiger partial charge on any atom is -0.495 e. The van der Waals surface area contributed by atoms with Crippen LogP contribution in [-0.2, 0) is 0 Å². The molecule has 1 saturated heterocycles. The van der Waals surface area contributed by atoms with Gasteiger partial charge in [0.2, 0.25) is 0 Å². The van der Waals surface area contributed by atoms with Crippen LogP contribution in [0, 0.1) is 5.92 Å². The maximum Gasteiger partial charge on any atom is 0.254 e. The van der Waals surface area contributed by atoms with Gasteiger partial charge in [-0.15, -0.1) is 0 Å². The van der Waals surface area contributed by atoms with Gasteiger partial charge in [-0.3, -0.25) is 4.79 Å². The van der Waals surface area contributed by atoms with Crippen LogP contribution in [0.5, 0.6) is 11.5 Å². The molecular formula is C15H20BrNO4. The van der Waals surface area contributed by atoms with Gasteiger partial charge in [0, 0.05) is 18.7 Å². The van der Waals surface area contributed by atoms with Crippen molar-refractivity contribution in [1.29, 1.82) is 0 Å². The second-order valence-electron chi connectivity index (χ2n) is 5.28. The molecular weight excluding hydrogens is 338 g/mol. The smallest absolute Gasteiger partial charge is 0.254 e. The molecule has 21 heavy (non-hydrogen) atoms. The number of carbonyl (C=O) groups excluding carboxylic acids is 1. The highest BCUT2D eigenvalue weighted by Crippen LogP contribution is 2.36. The second kappa shape index (κ2) is 6.66. The van der Waals surface area contributed by atoms with Gasteiger partial charge in [0.05, 0.1) is 20.3 Å². The summed E-state index contributed by atoms with van der Waals surface area (Å²) in [6.07, 6.45) is 0.278. The van der Waals surface area contributed by atoms with E-state index in [2.05, 4.69) is 15.9 Å². The number of aliphatic hydroxyl groups excluding tert-OH is 1. The van der Waals surface area contributed by atoms with Crippen molar-refractivity contribution in [3.05, 3.63) is 22.2 Å².